The average Bonchev–Trinajstić information content (AvgIpc) is 2.85. The van der Waals surface area contributed by atoms with Crippen molar-refractivity contribution in [3.63, 3.8) is 0 Å². The van der Waals surface area contributed by atoms with E-state index in [-0.39, 0.29) is 38.6 Å². The number of carbonyl (C=O) groups excluding carboxylic acids is 1. The number of halogens is 9. The second kappa shape index (κ2) is 12.7. The molecule has 0 aliphatic heterocycles. The Bertz CT molecular complexity index is 1380. The number of fused-ring (bicyclic) bond motifs is 2. The van der Waals surface area contributed by atoms with Crippen molar-refractivity contribution < 1.29 is 35.5 Å². The quantitative estimate of drug-likeness (QED) is 0.113. The molecule has 0 radical (unpaired) electrons. The summed E-state index contributed by atoms with van der Waals surface area (Å²) in [4.78, 5) is 11.0. The highest BCUT2D eigenvalue weighted by molar-refractivity contribution is 6.40. The average molecular weight is 583 g/mol. The summed E-state index contributed by atoms with van der Waals surface area (Å²) in [6, 6.07) is 8.94. The molecule has 4 aromatic rings. The lowest BCUT2D eigenvalue weighted by Gasteiger charge is -2.14. The molecule has 1 amide bonds. The highest BCUT2D eigenvalue weighted by Crippen LogP contribution is 2.34. The second-order valence-corrected chi connectivity index (χ2v) is 8.07. The Morgan fingerprint density at radius 3 is 1.45 bits per heavy atom. The first-order valence-electron chi connectivity index (χ1n) is 10.3. The van der Waals surface area contributed by atoms with Gasteiger partial charge in [-0.2, -0.15) is 13.2 Å². The van der Waals surface area contributed by atoms with Crippen LogP contribution in [0, 0.1) is 23.3 Å². The lowest BCUT2D eigenvalue weighted by Crippen LogP contribution is -2.30. The first-order chi connectivity index (χ1) is 17.8. The zero-order chi connectivity index (χ0) is 28.8. The smallest absolute Gasteiger partial charge is 0.398 e. The first kappa shape index (κ1) is 30.6. The van der Waals surface area contributed by atoms with Crippen LogP contribution in [0.15, 0.2) is 48.5 Å². The maximum Gasteiger partial charge on any atom is 0.471 e. The van der Waals surface area contributed by atoms with Crippen molar-refractivity contribution in [2.45, 2.75) is 6.18 Å². The minimum Gasteiger partial charge on any atom is -0.398 e. The molecule has 0 bridgehead atoms. The van der Waals surface area contributed by atoms with Gasteiger partial charge in [0.15, 0.2) is 0 Å². The molecule has 0 saturated carbocycles. The van der Waals surface area contributed by atoms with Crippen molar-refractivity contribution in [3.05, 3.63) is 71.8 Å². The van der Waals surface area contributed by atoms with Gasteiger partial charge in [-0.15, -0.1) is 23.2 Å². The Morgan fingerprint density at radius 1 is 0.711 bits per heavy atom. The molecule has 4 aromatic carbocycles. The third-order valence-electron chi connectivity index (χ3n) is 4.96. The van der Waals surface area contributed by atoms with Crippen LogP contribution in [0.4, 0.5) is 53.5 Å². The summed E-state index contributed by atoms with van der Waals surface area (Å²) >= 11 is 9.53. The van der Waals surface area contributed by atoms with Crippen molar-refractivity contribution in [2.24, 2.45) is 0 Å². The van der Waals surface area contributed by atoms with E-state index in [1.165, 1.54) is 37.4 Å². The van der Waals surface area contributed by atoms with Crippen molar-refractivity contribution in [3.8, 4) is 0 Å². The van der Waals surface area contributed by atoms with Crippen molar-refractivity contribution in [2.75, 3.05) is 34.5 Å². The SMILES string of the molecule is CNc1ccc(F)c2c(NC(=O)C(F)(F)F)ccc(F)c12.ClCCl.Nc1ccc(F)c2c(N)ccc(F)c12. The van der Waals surface area contributed by atoms with Crippen molar-refractivity contribution in [1.82, 2.24) is 0 Å². The largest absolute Gasteiger partial charge is 0.471 e. The number of benzene rings is 4. The molecular weight excluding hydrogens is 564 g/mol. The molecule has 0 atom stereocenters. The van der Waals surface area contributed by atoms with Crippen molar-refractivity contribution in [1.29, 1.82) is 0 Å². The van der Waals surface area contributed by atoms with Crippen LogP contribution >= 0.6 is 23.2 Å². The number of rotatable bonds is 2. The van der Waals surface area contributed by atoms with E-state index < -0.39 is 46.4 Å². The molecule has 6 N–H and O–H groups in total. The molecule has 0 unspecified atom stereocenters. The van der Waals surface area contributed by atoms with E-state index in [0.29, 0.717) is 0 Å². The molecule has 38 heavy (non-hydrogen) atoms. The van der Waals surface area contributed by atoms with Crippen LogP contribution in [0.2, 0.25) is 0 Å². The van der Waals surface area contributed by atoms with Gasteiger partial charge in [-0.25, -0.2) is 17.6 Å². The van der Waals surface area contributed by atoms with Crippen molar-refractivity contribution >= 4 is 73.4 Å². The number of carbonyl (C=O) groups is 1. The predicted molar refractivity (Wildman–Crippen MR) is 137 cm³/mol. The van der Waals surface area contributed by atoms with Gasteiger partial charge in [0, 0.05) is 45.7 Å². The number of alkyl halides is 5. The molecule has 204 valence electrons. The second-order valence-electron chi connectivity index (χ2n) is 7.27. The lowest BCUT2D eigenvalue weighted by atomic mass is 10.1. The molecule has 0 aliphatic rings. The minimum absolute atomic E-state index is 0.0463. The number of hydrogen-bond donors (Lipinski definition) is 4. The number of amides is 1. The molecule has 0 aromatic heterocycles. The maximum absolute atomic E-state index is 13.9. The van der Waals surface area contributed by atoms with Gasteiger partial charge in [0.25, 0.3) is 0 Å². The summed E-state index contributed by atoms with van der Waals surface area (Å²) in [7, 11) is 1.45. The fraction of sp³-hybridized carbons (Fsp3) is 0.125. The van der Waals surface area contributed by atoms with Crippen LogP contribution in [0.25, 0.3) is 21.5 Å². The normalized spacial score (nSPS) is 10.8. The molecular formula is C24H19Cl2F7N4O. The van der Waals surface area contributed by atoms with Gasteiger partial charge >= 0.3 is 12.1 Å². The van der Waals surface area contributed by atoms with E-state index in [0.717, 1.165) is 18.2 Å². The summed E-state index contributed by atoms with van der Waals surface area (Å²) in [5.74, 6) is -5.15. The number of nitrogen functional groups attached to an aromatic ring is 2. The highest BCUT2D eigenvalue weighted by atomic mass is 35.5. The maximum atomic E-state index is 13.9. The number of nitrogens with one attached hydrogen (secondary N) is 2. The molecule has 0 spiro atoms. The Morgan fingerprint density at radius 2 is 1.05 bits per heavy atom. The number of hydrogen-bond acceptors (Lipinski definition) is 4. The molecule has 0 fully saturated rings. The Balaban J connectivity index is 0.000000257. The van der Waals surface area contributed by atoms with Crippen LogP contribution < -0.4 is 22.1 Å². The van der Waals surface area contributed by atoms with E-state index in [2.05, 4.69) is 5.32 Å². The standard InChI is InChI=1S/C13H9F5N2O.C10H8F2N2.CH2Cl2/c1-19-8-4-2-7(15)11-9(5-3-6(14)10(8)11)20-12(21)13(16,17)18;11-5-1-3-7(13)10-6(12)2-4-8(14)9(5)10;2-1-3/h2-5,19H,1H3,(H,20,21);1-4H,13-14H2;1H2. The monoisotopic (exact) mass is 582 g/mol. The minimum atomic E-state index is -5.13. The lowest BCUT2D eigenvalue weighted by molar-refractivity contribution is -0.167. The van der Waals surface area contributed by atoms with Gasteiger partial charge < -0.3 is 22.1 Å². The van der Waals surface area contributed by atoms with E-state index in [1.54, 1.807) is 5.32 Å². The first-order valence-corrected chi connectivity index (χ1v) is 11.4. The van der Waals surface area contributed by atoms with Gasteiger partial charge in [-0.3, -0.25) is 4.79 Å². The van der Waals surface area contributed by atoms with Gasteiger partial charge in [0.05, 0.1) is 11.0 Å². The van der Waals surface area contributed by atoms with Gasteiger partial charge in [-0.05, 0) is 48.5 Å². The molecule has 14 heteroatoms. The molecule has 5 nitrogen and oxygen atoms in total. The van der Waals surface area contributed by atoms with E-state index in [4.69, 9.17) is 34.7 Å². The third-order valence-corrected chi connectivity index (χ3v) is 4.96. The Kier molecular flexibility index (Phi) is 10.3. The summed E-state index contributed by atoms with van der Waals surface area (Å²) < 4.78 is 91.1. The fourth-order valence-corrected chi connectivity index (χ4v) is 3.38. The summed E-state index contributed by atoms with van der Waals surface area (Å²) in [5.41, 5.74) is 11.2. The molecule has 0 aliphatic carbocycles. The highest BCUT2D eigenvalue weighted by Gasteiger charge is 2.39. The van der Waals surface area contributed by atoms with Crippen LogP contribution in [0.3, 0.4) is 0 Å². The predicted octanol–water partition coefficient (Wildman–Crippen LogP) is 7.36. The van der Waals surface area contributed by atoms with E-state index >= 15 is 0 Å². The van der Waals surface area contributed by atoms with Gasteiger partial charge in [0.1, 0.15) is 23.3 Å². The number of anilines is 4. The summed E-state index contributed by atoms with van der Waals surface area (Å²) in [6.45, 7) is 0. The van der Waals surface area contributed by atoms with Crippen LogP contribution in [-0.2, 0) is 4.79 Å². The topological polar surface area (TPSA) is 93.2 Å². The van der Waals surface area contributed by atoms with Gasteiger partial charge in [0.2, 0.25) is 0 Å². The fourth-order valence-electron chi connectivity index (χ4n) is 3.38. The Hall–Kier alpha value is -3.64. The van der Waals surface area contributed by atoms with E-state index in [1.807, 2.05) is 0 Å². The van der Waals surface area contributed by atoms with Crippen LogP contribution in [0.1, 0.15) is 0 Å². The van der Waals surface area contributed by atoms with Crippen LogP contribution in [-0.4, -0.2) is 24.5 Å². The Labute approximate surface area is 221 Å². The number of nitrogens with two attached hydrogens (primary N) is 2. The molecule has 0 heterocycles. The molecule has 0 saturated heterocycles. The zero-order valence-electron chi connectivity index (χ0n) is 19.3. The van der Waals surface area contributed by atoms with Gasteiger partial charge in [-0.1, -0.05) is 0 Å². The summed E-state index contributed by atoms with van der Waals surface area (Å²) in [6.07, 6.45) is -5.13. The van der Waals surface area contributed by atoms with E-state index in [9.17, 15) is 35.5 Å². The summed E-state index contributed by atoms with van der Waals surface area (Å²) in [5, 5.41) is 3.77. The van der Waals surface area contributed by atoms with Crippen LogP contribution in [0.5, 0.6) is 0 Å². The zero-order valence-corrected chi connectivity index (χ0v) is 20.8. The molecule has 4 rings (SSSR count). The third kappa shape index (κ3) is 6.81.